The van der Waals surface area contributed by atoms with Gasteiger partial charge >= 0.3 is 12.1 Å². The van der Waals surface area contributed by atoms with E-state index in [1.165, 1.54) is 50.1 Å². The lowest BCUT2D eigenvalue weighted by molar-refractivity contribution is -0.138. The zero-order valence-corrected chi connectivity index (χ0v) is 33.8. The number of nitrogens with one attached hydrogen (secondary N) is 1. The summed E-state index contributed by atoms with van der Waals surface area (Å²) in [6.45, 7) is 11.6. The molecule has 3 fully saturated rings. The van der Waals surface area contributed by atoms with Gasteiger partial charge in [0.05, 0.1) is 29.5 Å². The Labute approximate surface area is 337 Å². The Morgan fingerprint density at radius 2 is 1.60 bits per heavy atom. The summed E-state index contributed by atoms with van der Waals surface area (Å²) < 4.78 is 72.5. The molecular formula is C46H53F5N2O5. The molecule has 2 aromatic rings. The number of allylic oxidation sites excluding steroid dienone is 7. The molecule has 1 amide bonds. The summed E-state index contributed by atoms with van der Waals surface area (Å²) >= 11 is 0. The summed E-state index contributed by atoms with van der Waals surface area (Å²) in [6.07, 6.45) is 3.84. The minimum atomic E-state index is -4.76. The Morgan fingerprint density at radius 1 is 0.948 bits per heavy atom. The molecule has 6 rings (SSSR count). The first kappa shape index (κ1) is 44.4. The molecule has 2 aliphatic heterocycles. The molecule has 2 heterocycles. The molecule has 2 atom stereocenters. The van der Waals surface area contributed by atoms with Crippen LogP contribution >= 0.6 is 0 Å². The molecule has 4 aliphatic rings. The molecule has 2 bridgehead atoms. The Kier molecular flexibility index (Phi) is 14.5. The number of carboxylic acid groups (broad SMARTS) is 1. The van der Waals surface area contributed by atoms with Gasteiger partial charge in [-0.05, 0) is 159 Å². The molecule has 2 saturated heterocycles. The number of carbonyl (C=O) groups is 4. The van der Waals surface area contributed by atoms with Gasteiger partial charge in [-0.15, -0.1) is 0 Å². The van der Waals surface area contributed by atoms with Gasteiger partial charge in [-0.25, -0.2) is 8.78 Å². The van der Waals surface area contributed by atoms with Gasteiger partial charge in [0, 0.05) is 25.1 Å². The van der Waals surface area contributed by atoms with Crippen molar-refractivity contribution in [2.75, 3.05) is 19.6 Å². The van der Waals surface area contributed by atoms with Crippen LogP contribution in [0.25, 0.3) is 11.1 Å². The number of aryl methyl sites for hydroxylation is 3. The number of piperidine rings is 2. The number of halogens is 5. The third-order valence-corrected chi connectivity index (χ3v) is 11.4. The molecule has 0 unspecified atom stereocenters. The van der Waals surface area contributed by atoms with Crippen LogP contribution < -0.4 is 5.32 Å². The van der Waals surface area contributed by atoms with Gasteiger partial charge in [0.25, 0.3) is 0 Å². The third-order valence-electron chi connectivity index (χ3n) is 11.4. The number of hydrogen-bond donors (Lipinski definition) is 2. The second kappa shape index (κ2) is 18.9. The van der Waals surface area contributed by atoms with Crippen LogP contribution in [0.1, 0.15) is 93.5 Å². The number of fused-ring (bicyclic) bond motifs is 2. The number of benzene rings is 2. The molecule has 0 spiro atoms. The first-order chi connectivity index (χ1) is 27.3. The van der Waals surface area contributed by atoms with Gasteiger partial charge in [-0.2, -0.15) is 13.2 Å². The Bertz CT molecular complexity index is 2010. The number of unbranched alkanes of at least 4 members (excludes halogenated alkanes) is 2. The maximum atomic E-state index is 15.8. The first-order valence-corrected chi connectivity index (χ1v) is 20.1. The zero-order chi connectivity index (χ0) is 42.5. The van der Waals surface area contributed by atoms with E-state index in [1.54, 1.807) is 19.9 Å². The molecule has 2 aliphatic carbocycles. The average Bonchev–Trinajstić information content (AvgIpc) is 3.28. The van der Waals surface area contributed by atoms with Gasteiger partial charge < -0.3 is 15.3 Å². The molecule has 58 heavy (non-hydrogen) atoms. The van der Waals surface area contributed by atoms with Crippen LogP contribution in [0.15, 0.2) is 71.4 Å². The van der Waals surface area contributed by atoms with E-state index in [0.717, 1.165) is 56.1 Å². The van der Waals surface area contributed by atoms with E-state index in [1.807, 2.05) is 13.8 Å². The minimum Gasteiger partial charge on any atom is -0.481 e. The number of nitrogens with zero attached hydrogens (tertiary/aromatic N) is 1. The number of carboxylic acids is 1. The van der Waals surface area contributed by atoms with Gasteiger partial charge in [-0.1, -0.05) is 26.0 Å². The van der Waals surface area contributed by atoms with Gasteiger partial charge in [0.15, 0.2) is 11.6 Å². The summed E-state index contributed by atoms with van der Waals surface area (Å²) in [6, 6.07) is 4.33. The molecular weight excluding hydrogens is 756 g/mol. The molecule has 312 valence electrons. The number of Topliss-reactive ketones (excluding diaryl/α,β-unsaturated/α-hetero) is 1. The van der Waals surface area contributed by atoms with Crippen molar-refractivity contribution in [3.8, 4) is 11.1 Å². The predicted molar refractivity (Wildman–Crippen MR) is 213 cm³/mol. The first-order valence-electron chi connectivity index (χ1n) is 20.1. The maximum absolute atomic E-state index is 15.8. The number of amides is 1. The fourth-order valence-electron chi connectivity index (χ4n) is 8.65. The van der Waals surface area contributed by atoms with Crippen LogP contribution in [0, 0.1) is 56.1 Å². The zero-order valence-electron chi connectivity index (χ0n) is 33.8. The number of carbonyl (C=O) groups excluding carboxylic acids is 3. The standard InChI is InChI=1S/C46H53F5N2O5/c1-26(2)15-33(45(58)52-39(23-42(56)57)37-21-34(16-29(5)44(37)48)43-27(3)17-35(47)18-28(43)4)10-13-40(54)36-11-12-38(46(49,50)51)32(22-41(36)55)9-7-6-8-14-53-24-30-19-31(20-30)25-53/h9-13,16-18,21,26,30-31,33,39H,6-8,14-15,19-20,22-25H2,1-5H3,(H,52,58)(H,56,57)/b13-10+,32-9-/t30?,31?,33-,39-/m0/s1. The minimum absolute atomic E-state index is 0.0964. The highest BCUT2D eigenvalue weighted by Gasteiger charge is 2.38. The van der Waals surface area contributed by atoms with Crippen molar-refractivity contribution in [1.29, 1.82) is 0 Å². The van der Waals surface area contributed by atoms with Crippen LogP contribution in [0.3, 0.4) is 0 Å². The van der Waals surface area contributed by atoms with Crippen LogP contribution in [0.2, 0.25) is 0 Å². The van der Waals surface area contributed by atoms with E-state index in [-0.39, 0.29) is 29.0 Å². The lowest BCUT2D eigenvalue weighted by Crippen LogP contribution is -2.48. The van der Waals surface area contributed by atoms with Gasteiger partial charge in [-0.3, -0.25) is 19.2 Å². The smallest absolute Gasteiger partial charge is 0.416 e. The van der Waals surface area contributed by atoms with Crippen LogP contribution in [-0.4, -0.2) is 59.3 Å². The summed E-state index contributed by atoms with van der Waals surface area (Å²) in [4.78, 5) is 55.0. The highest BCUT2D eigenvalue weighted by atomic mass is 19.4. The van der Waals surface area contributed by atoms with Crippen LogP contribution in [0.5, 0.6) is 0 Å². The molecule has 1 saturated carbocycles. The second-order valence-corrected chi connectivity index (χ2v) is 16.7. The predicted octanol–water partition coefficient (Wildman–Crippen LogP) is 9.80. The van der Waals surface area contributed by atoms with Crippen molar-refractivity contribution in [3.63, 3.8) is 0 Å². The summed E-state index contributed by atoms with van der Waals surface area (Å²) in [5.74, 6) is -4.52. The van der Waals surface area contributed by atoms with E-state index in [0.29, 0.717) is 35.1 Å². The van der Waals surface area contributed by atoms with Crippen molar-refractivity contribution in [2.45, 2.75) is 98.2 Å². The highest BCUT2D eigenvalue weighted by molar-refractivity contribution is 6.25. The lowest BCUT2D eigenvalue weighted by atomic mass is 9.71. The van der Waals surface area contributed by atoms with Crippen molar-refractivity contribution in [2.24, 2.45) is 23.7 Å². The van der Waals surface area contributed by atoms with Crippen molar-refractivity contribution < 1.29 is 46.2 Å². The molecule has 2 aromatic carbocycles. The molecule has 2 N–H and O–H groups in total. The van der Waals surface area contributed by atoms with Crippen molar-refractivity contribution in [3.05, 3.63) is 105 Å². The Hall–Kier alpha value is -4.71. The topological polar surface area (TPSA) is 104 Å². The van der Waals surface area contributed by atoms with E-state index in [2.05, 4.69) is 10.2 Å². The normalized spacial score (nSPS) is 20.4. The largest absolute Gasteiger partial charge is 0.481 e. The highest BCUT2D eigenvalue weighted by Crippen LogP contribution is 2.40. The molecule has 12 heteroatoms. The monoisotopic (exact) mass is 808 g/mol. The van der Waals surface area contributed by atoms with Gasteiger partial charge in [0.2, 0.25) is 5.91 Å². The summed E-state index contributed by atoms with van der Waals surface area (Å²) in [5.41, 5.74) is 0.743. The van der Waals surface area contributed by atoms with Crippen molar-refractivity contribution in [1.82, 2.24) is 10.2 Å². The van der Waals surface area contributed by atoms with E-state index in [9.17, 15) is 41.8 Å². The quantitative estimate of drug-likeness (QED) is 0.0758. The third kappa shape index (κ3) is 11.3. The second-order valence-electron chi connectivity index (χ2n) is 16.7. The van der Waals surface area contributed by atoms with E-state index < -0.39 is 77.2 Å². The van der Waals surface area contributed by atoms with Crippen molar-refractivity contribution >= 4 is 23.4 Å². The fraction of sp³-hybridized carbons (Fsp3) is 0.478. The number of hydrogen-bond acceptors (Lipinski definition) is 5. The fourth-order valence-corrected chi connectivity index (χ4v) is 8.65. The summed E-state index contributed by atoms with van der Waals surface area (Å²) in [5, 5.41) is 12.4. The van der Waals surface area contributed by atoms with Crippen LogP contribution in [-0.2, 0) is 19.2 Å². The maximum Gasteiger partial charge on any atom is 0.416 e. The van der Waals surface area contributed by atoms with Crippen LogP contribution in [0.4, 0.5) is 22.0 Å². The SMILES string of the molecule is Cc1cc(-c2c(C)cc(F)cc2C)cc([C@H](CC(=O)O)NC(=O)[C@@H](/C=C/C(=O)C2=CC=C(C(F)(F)F)/C(=C\CCCCN3CC4CC(C4)C3)CC2=O)CC(C)C)c1F. The van der Waals surface area contributed by atoms with Gasteiger partial charge in [0.1, 0.15) is 11.6 Å². The number of rotatable bonds is 16. The lowest BCUT2D eigenvalue weighted by Gasteiger charge is -2.47. The molecule has 7 nitrogen and oxygen atoms in total. The Morgan fingerprint density at radius 3 is 2.21 bits per heavy atom. The average molecular weight is 809 g/mol. The number of alkyl halides is 3. The molecule has 0 aromatic heterocycles. The van der Waals surface area contributed by atoms with E-state index >= 15 is 4.39 Å². The Balaban J connectivity index is 1.32. The van der Waals surface area contributed by atoms with E-state index in [4.69, 9.17) is 0 Å². The number of ketones is 2. The molecule has 0 radical (unpaired) electrons. The number of aliphatic carboxylic acids is 1. The summed E-state index contributed by atoms with van der Waals surface area (Å²) in [7, 11) is 0.